The van der Waals surface area contributed by atoms with Crippen molar-refractivity contribution >= 4 is 17.3 Å². The summed E-state index contributed by atoms with van der Waals surface area (Å²) in [6, 6.07) is 19.7. The number of ether oxygens (including phenoxy) is 1. The molecule has 4 rings (SSSR count). The highest BCUT2D eigenvalue weighted by molar-refractivity contribution is 8.00. The van der Waals surface area contributed by atoms with Crippen LogP contribution < -0.4 is 4.74 Å². The summed E-state index contributed by atoms with van der Waals surface area (Å²) >= 11 is 2.19. The lowest BCUT2D eigenvalue weighted by atomic mass is 9.84. The van der Waals surface area contributed by atoms with Gasteiger partial charge in [-0.3, -0.25) is 0 Å². The van der Waals surface area contributed by atoms with Crippen LogP contribution in [0.25, 0.3) is 5.57 Å². The average molecular weight is 337 g/mol. The van der Waals surface area contributed by atoms with Gasteiger partial charge in [0.05, 0.1) is 7.11 Å². The minimum absolute atomic E-state index is 0.579. The van der Waals surface area contributed by atoms with E-state index >= 15 is 0 Å². The van der Waals surface area contributed by atoms with E-state index in [1.165, 1.54) is 36.8 Å². The molecule has 2 aromatic rings. The van der Waals surface area contributed by atoms with E-state index in [1.807, 2.05) is 0 Å². The van der Waals surface area contributed by atoms with Gasteiger partial charge in [0.25, 0.3) is 0 Å². The molecule has 24 heavy (non-hydrogen) atoms. The van der Waals surface area contributed by atoms with Crippen LogP contribution in [0.3, 0.4) is 0 Å². The molecule has 0 radical (unpaired) electrons. The first kappa shape index (κ1) is 15.8. The Morgan fingerprint density at radius 1 is 0.917 bits per heavy atom. The monoisotopic (exact) mass is 336 g/mol. The Balaban J connectivity index is 1.71. The minimum Gasteiger partial charge on any atom is -0.497 e. The number of hydrogen-bond acceptors (Lipinski definition) is 2. The lowest BCUT2D eigenvalue weighted by molar-refractivity contribution is 0.415. The molecule has 124 valence electrons. The van der Waals surface area contributed by atoms with Gasteiger partial charge in [-0.1, -0.05) is 54.5 Å². The number of benzene rings is 2. The molecule has 0 bridgehead atoms. The second-order valence-corrected chi connectivity index (χ2v) is 8.12. The van der Waals surface area contributed by atoms with Crippen LogP contribution in [0.2, 0.25) is 0 Å². The van der Waals surface area contributed by atoms with E-state index < -0.39 is 0 Å². The Labute approximate surface area is 149 Å². The molecule has 2 atom stereocenters. The Morgan fingerprint density at radius 2 is 1.71 bits per heavy atom. The topological polar surface area (TPSA) is 9.23 Å². The lowest BCUT2D eigenvalue weighted by Gasteiger charge is -2.37. The third kappa shape index (κ3) is 3.12. The minimum atomic E-state index is 0.579. The molecule has 2 heteroatoms. The van der Waals surface area contributed by atoms with Crippen molar-refractivity contribution in [2.45, 2.75) is 42.6 Å². The number of methoxy groups -OCH3 is 1. The van der Waals surface area contributed by atoms with Gasteiger partial charge in [-0.2, -0.15) is 0 Å². The summed E-state index contributed by atoms with van der Waals surface area (Å²) in [5.74, 6) is 0.939. The Morgan fingerprint density at radius 3 is 2.46 bits per heavy atom. The summed E-state index contributed by atoms with van der Waals surface area (Å²) in [7, 11) is 1.73. The summed E-state index contributed by atoms with van der Waals surface area (Å²) in [6.45, 7) is 0. The molecule has 2 aromatic carbocycles. The molecular weight excluding hydrogens is 312 g/mol. The van der Waals surface area contributed by atoms with Crippen LogP contribution in [0, 0.1) is 0 Å². The van der Waals surface area contributed by atoms with Crippen molar-refractivity contribution in [3.8, 4) is 5.75 Å². The van der Waals surface area contributed by atoms with Crippen molar-refractivity contribution in [3.05, 3.63) is 71.3 Å². The second kappa shape index (κ2) is 7.06. The van der Waals surface area contributed by atoms with Crippen LogP contribution in [-0.4, -0.2) is 12.4 Å². The van der Waals surface area contributed by atoms with Gasteiger partial charge >= 0.3 is 0 Å². The third-order valence-electron chi connectivity index (χ3n) is 5.27. The van der Waals surface area contributed by atoms with Crippen LogP contribution in [-0.2, 0) is 0 Å². The summed E-state index contributed by atoms with van der Waals surface area (Å²) in [5, 5.41) is 1.28. The molecule has 1 heterocycles. The normalized spacial score (nSPS) is 23.7. The van der Waals surface area contributed by atoms with Crippen LogP contribution in [0.1, 0.15) is 48.5 Å². The Kier molecular flexibility index (Phi) is 4.66. The highest BCUT2D eigenvalue weighted by atomic mass is 32.2. The standard InChI is InChI=1S/C22H24OS/c1-23-18-13-11-16(12-14-18)20-15-22(17-7-3-2-4-8-17)24-21-10-6-5-9-19(20)21/h2-4,7-8,11-14,21-22H,5-6,9-10,15H2,1H3. The smallest absolute Gasteiger partial charge is 0.118 e. The Bertz CT molecular complexity index is 717. The van der Waals surface area contributed by atoms with Gasteiger partial charge in [0, 0.05) is 10.5 Å². The van der Waals surface area contributed by atoms with Crippen molar-refractivity contribution in [1.82, 2.24) is 0 Å². The maximum Gasteiger partial charge on any atom is 0.118 e. The number of hydrogen-bond donors (Lipinski definition) is 0. The fraction of sp³-hybridized carbons (Fsp3) is 0.364. The number of thioether (sulfide) groups is 1. The predicted molar refractivity (Wildman–Crippen MR) is 104 cm³/mol. The highest BCUT2D eigenvalue weighted by Gasteiger charge is 2.32. The molecule has 1 aliphatic heterocycles. The van der Waals surface area contributed by atoms with Crippen molar-refractivity contribution in [2.75, 3.05) is 7.11 Å². The zero-order valence-corrected chi connectivity index (χ0v) is 15.0. The molecule has 0 aromatic heterocycles. The van der Waals surface area contributed by atoms with Gasteiger partial charge in [-0.15, -0.1) is 11.8 Å². The van der Waals surface area contributed by atoms with Gasteiger partial charge in [0.2, 0.25) is 0 Å². The average Bonchev–Trinajstić information content (AvgIpc) is 2.68. The molecular formula is C22H24OS. The van der Waals surface area contributed by atoms with Crippen LogP contribution in [0.4, 0.5) is 0 Å². The van der Waals surface area contributed by atoms with Gasteiger partial charge in [-0.25, -0.2) is 0 Å². The maximum absolute atomic E-state index is 5.33. The van der Waals surface area contributed by atoms with Crippen molar-refractivity contribution < 1.29 is 4.74 Å². The second-order valence-electron chi connectivity index (χ2n) is 6.71. The molecule has 0 spiro atoms. The van der Waals surface area contributed by atoms with Crippen LogP contribution in [0.5, 0.6) is 5.75 Å². The molecule has 2 aliphatic rings. The summed E-state index contributed by atoms with van der Waals surface area (Å²) in [5.41, 5.74) is 6.16. The molecule has 1 aliphatic carbocycles. The molecule has 0 N–H and O–H groups in total. The van der Waals surface area contributed by atoms with E-state index in [-0.39, 0.29) is 0 Å². The van der Waals surface area contributed by atoms with E-state index in [2.05, 4.69) is 66.4 Å². The zero-order valence-electron chi connectivity index (χ0n) is 14.2. The first-order valence-electron chi connectivity index (χ1n) is 8.92. The van der Waals surface area contributed by atoms with Crippen LogP contribution in [0.15, 0.2) is 60.2 Å². The third-order valence-corrected chi connectivity index (χ3v) is 6.88. The van der Waals surface area contributed by atoms with E-state index in [0.29, 0.717) is 10.5 Å². The Hall–Kier alpha value is -1.67. The van der Waals surface area contributed by atoms with E-state index in [1.54, 1.807) is 18.3 Å². The molecule has 1 nitrogen and oxygen atoms in total. The predicted octanol–water partition coefficient (Wildman–Crippen LogP) is 6.27. The maximum atomic E-state index is 5.33. The van der Waals surface area contributed by atoms with Gasteiger partial charge in [0.1, 0.15) is 5.75 Å². The molecule has 2 unspecified atom stereocenters. The molecule has 0 saturated heterocycles. The SMILES string of the molecule is COc1ccc(C2=C3CCCCC3SC(c3ccccc3)C2)cc1. The summed E-state index contributed by atoms with van der Waals surface area (Å²) in [4.78, 5) is 0. The van der Waals surface area contributed by atoms with Crippen molar-refractivity contribution in [2.24, 2.45) is 0 Å². The van der Waals surface area contributed by atoms with Gasteiger partial charge in [-0.05, 0) is 54.5 Å². The fourth-order valence-corrected chi connectivity index (χ4v) is 5.70. The first-order valence-corrected chi connectivity index (χ1v) is 9.86. The quantitative estimate of drug-likeness (QED) is 0.653. The first-order chi connectivity index (χ1) is 11.8. The molecule has 1 saturated carbocycles. The molecule has 0 amide bonds. The lowest BCUT2D eigenvalue weighted by Crippen LogP contribution is -2.20. The highest BCUT2D eigenvalue weighted by Crippen LogP contribution is 2.52. The largest absolute Gasteiger partial charge is 0.497 e. The van der Waals surface area contributed by atoms with E-state index in [4.69, 9.17) is 4.74 Å². The van der Waals surface area contributed by atoms with Crippen molar-refractivity contribution in [3.63, 3.8) is 0 Å². The number of allylic oxidation sites excluding steroid dienone is 1. The number of fused-ring (bicyclic) bond motifs is 1. The van der Waals surface area contributed by atoms with Gasteiger partial charge in [0.15, 0.2) is 0 Å². The van der Waals surface area contributed by atoms with Gasteiger partial charge < -0.3 is 4.74 Å². The summed E-state index contributed by atoms with van der Waals surface area (Å²) < 4.78 is 5.33. The number of rotatable bonds is 3. The summed E-state index contributed by atoms with van der Waals surface area (Å²) in [6.07, 6.45) is 6.48. The van der Waals surface area contributed by atoms with E-state index in [9.17, 15) is 0 Å². The fourth-order valence-electron chi connectivity index (χ4n) is 4.00. The zero-order chi connectivity index (χ0) is 16.4. The van der Waals surface area contributed by atoms with Crippen LogP contribution >= 0.6 is 11.8 Å². The van der Waals surface area contributed by atoms with E-state index in [0.717, 1.165) is 12.2 Å². The molecule has 1 fully saturated rings. The van der Waals surface area contributed by atoms with Crippen molar-refractivity contribution in [1.29, 1.82) is 0 Å².